The van der Waals surface area contributed by atoms with Gasteiger partial charge in [0.05, 0.1) is 11.8 Å². The Kier molecular flexibility index (Phi) is 8.48. The van der Waals surface area contributed by atoms with Crippen LogP contribution in [0.3, 0.4) is 0 Å². The maximum Gasteiger partial charge on any atom is 0.271 e. The van der Waals surface area contributed by atoms with E-state index in [1.165, 1.54) is 28.7 Å². The van der Waals surface area contributed by atoms with E-state index in [9.17, 15) is 4.79 Å². The Bertz CT molecular complexity index is 1750. The number of thioether (sulfide) groups is 1. The second kappa shape index (κ2) is 12.9. The van der Waals surface area contributed by atoms with Gasteiger partial charge in [0.2, 0.25) is 0 Å². The smallest absolute Gasteiger partial charge is 0.271 e. The number of thiazole rings is 1. The molecule has 0 aliphatic heterocycles. The monoisotopic (exact) mass is 588 g/mol. The van der Waals surface area contributed by atoms with Crippen LogP contribution in [0.4, 0.5) is 0 Å². The van der Waals surface area contributed by atoms with Gasteiger partial charge in [0.1, 0.15) is 10.7 Å². The molecule has 1 N–H and O–H groups in total. The van der Waals surface area contributed by atoms with Crippen LogP contribution < -0.4 is 5.32 Å². The molecule has 0 spiro atoms. The molecule has 6 rings (SSSR count). The lowest BCUT2D eigenvalue weighted by Gasteiger charge is -2.19. The van der Waals surface area contributed by atoms with Crippen molar-refractivity contribution in [2.24, 2.45) is 0 Å². The molecule has 0 aliphatic carbocycles. The first kappa shape index (κ1) is 27.6. The van der Waals surface area contributed by atoms with Gasteiger partial charge in [-0.05, 0) is 48.7 Å². The summed E-state index contributed by atoms with van der Waals surface area (Å²) in [6.07, 6.45) is 4.22. The van der Waals surface area contributed by atoms with Crippen LogP contribution in [0.1, 0.15) is 38.2 Å². The first-order valence-corrected chi connectivity index (χ1v) is 15.4. The standard InChI is InChI=1S/C33H28N6OS2/c1-23-14-16-27(17-15-23)39-31(26-13-8-18-34-20-26)37-38-33(39)42-22-30-35-29(21-41-30)32(40)36-28(25-11-6-3-7-12-25)19-24-9-4-2-5-10-24/h2-18,20-21,28H,19,22H2,1H3,(H,36,40). The molecule has 208 valence electrons. The summed E-state index contributed by atoms with van der Waals surface area (Å²) in [6.45, 7) is 2.06. The number of pyridine rings is 1. The van der Waals surface area contributed by atoms with E-state index in [0.717, 1.165) is 38.4 Å². The number of aryl methyl sites for hydroxylation is 1. The summed E-state index contributed by atoms with van der Waals surface area (Å²) < 4.78 is 2.04. The summed E-state index contributed by atoms with van der Waals surface area (Å²) in [5, 5.41) is 15.6. The summed E-state index contributed by atoms with van der Waals surface area (Å²) in [5.74, 6) is 1.09. The number of aromatic nitrogens is 5. The number of carbonyl (C=O) groups is 1. The normalized spacial score (nSPS) is 11.7. The zero-order chi connectivity index (χ0) is 28.7. The van der Waals surface area contributed by atoms with Gasteiger partial charge < -0.3 is 5.32 Å². The predicted molar refractivity (Wildman–Crippen MR) is 168 cm³/mol. The Hall–Kier alpha value is -4.60. The van der Waals surface area contributed by atoms with E-state index in [1.54, 1.807) is 12.4 Å². The summed E-state index contributed by atoms with van der Waals surface area (Å²) >= 11 is 3.01. The molecular formula is C33H28N6OS2. The fourth-order valence-electron chi connectivity index (χ4n) is 4.60. The van der Waals surface area contributed by atoms with E-state index in [2.05, 4.69) is 68.8 Å². The third kappa shape index (κ3) is 6.48. The Morgan fingerprint density at radius 3 is 2.43 bits per heavy atom. The molecule has 7 nitrogen and oxygen atoms in total. The van der Waals surface area contributed by atoms with Crippen LogP contribution in [0.2, 0.25) is 0 Å². The Labute approximate surface area is 252 Å². The van der Waals surface area contributed by atoms with Crippen LogP contribution in [-0.2, 0) is 12.2 Å². The first-order valence-electron chi connectivity index (χ1n) is 13.5. The molecule has 3 heterocycles. The SMILES string of the molecule is Cc1ccc(-n2c(SCc3nc(C(=O)NC(Cc4ccccc4)c4ccccc4)cs3)nnc2-c2cccnc2)cc1. The van der Waals surface area contributed by atoms with Gasteiger partial charge in [-0.15, -0.1) is 21.5 Å². The second-order valence-electron chi connectivity index (χ2n) is 9.76. The maximum atomic E-state index is 13.3. The third-order valence-electron chi connectivity index (χ3n) is 6.74. The Balaban J connectivity index is 1.19. The van der Waals surface area contributed by atoms with Gasteiger partial charge in [-0.1, -0.05) is 90.1 Å². The summed E-state index contributed by atoms with van der Waals surface area (Å²) in [5.41, 5.74) is 5.66. The van der Waals surface area contributed by atoms with Crippen LogP contribution in [0.25, 0.3) is 17.1 Å². The van der Waals surface area contributed by atoms with Gasteiger partial charge in [-0.3, -0.25) is 14.3 Å². The number of hydrogen-bond acceptors (Lipinski definition) is 7. The van der Waals surface area contributed by atoms with E-state index in [-0.39, 0.29) is 11.9 Å². The minimum Gasteiger partial charge on any atom is -0.344 e. The number of nitrogens with one attached hydrogen (secondary N) is 1. The number of amides is 1. The van der Waals surface area contributed by atoms with Crippen molar-refractivity contribution in [1.29, 1.82) is 0 Å². The number of benzene rings is 3. The molecule has 0 radical (unpaired) electrons. The molecule has 0 saturated carbocycles. The molecule has 0 fully saturated rings. The molecule has 42 heavy (non-hydrogen) atoms. The molecule has 0 aliphatic rings. The lowest BCUT2D eigenvalue weighted by atomic mass is 9.99. The highest BCUT2D eigenvalue weighted by atomic mass is 32.2. The van der Waals surface area contributed by atoms with Crippen LogP contribution >= 0.6 is 23.1 Å². The van der Waals surface area contributed by atoms with Crippen molar-refractivity contribution in [2.45, 2.75) is 30.3 Å². The summed E-state index contributed by atoms with van der Waals surface area (Å²) in [4.78, 5) is 22.3. The van der Waals surface area contributed by atoms with Gasteiger partial charge in [0, 0.05) is 29.0 Å². The largest absolute Gasteiger partial charge is 0.344 e. The van der Waals surface area contributed by atoms with Crippen molar-refractivity contribution < 1.29 is 4.79 Å². The topological polar surface area (TPSA) is 85.6 Å². The van der Waals surface area contributed by atoms with Crippen LogP contribution in [-0.4, -0.2) is 30.6 Å². The lowest BCUT2D eigenvalue weighted by molar-refractivity contribution is 0.0932. The van der Waals surface area contributed by atoms with E-state index in [0.29, 0.717) is 17.9 Å². The molecule has 0 bridgehead atoms. The fourth-order valence-corrected chi connectivity index (χ4v) is 6.34. The van der Waals surface area contributed by atoms with Gasteiger partial charge in [0.25, 0.3) is 5.91 Å². The van der Waals surface area contributed by atoms with Crippen LogP contribution in [0, 0.1) is 6.92 Å². The minimum atomic E-state index is -0.186. The number of hydrogen-bond donors (Lipinski definition) is 1. The van der Waals surface area contributed by atoms with Crippen molar-refractivity contribution in [1.82, 2.24) is 30.0 Å². The van der Waals surface area contributed by atoms with Crippen molar-refractivity contribution in [3.05, 3.63) is 142 Å². The molecule has 9 heteroatoms. The van der Waals surface area contributed by atoms with E-state index in [4.69, 9.17) is 0 Å². The molecule has 1 unspecified atom stereocenters. The summed E-state index contributed by atoms with van der Waals surface area (Å²) in [7, 11) is 0. The molecule has 6 aromatic rings. The zero-order valence-electron chi connectivity index (χ0n) is 22.9. The zero-order valence-corrected chi connectivity index (χ0v) is 24.6. The molecular weight excluding hydrogens is 561 g/mol. The molecule has 1 atom stereocenters. The highest BCUT2D eigenvalue weighted by Gasteiger charge is 2.20. The molecule has 1 amide bonds. The molecule has 3 aromatic carbocycles. The highest BCUT2D eigenvalue weighted by molar-refractivity contribution is 7.98. The van der Waals surface area contributed by atoms with Crippen molar-refractivity contribution in [3.8, 4) is 17.1 Å². The van der Waals surface area contributed by atoms with E-state index >= 15 is 0 Å². The third-order valence-corrected chi connectivity index (χ3v) is 8.72. The lowest BCUT2D eigenvalue weighted by Crippen LogP contribution is -2.30. The maximum absolute atomic E-state index is 13.3. The van der Waals surface area contributed by atoms with Crippen molar-refractivity contribution >= 4 is 29.0 Å². The van der Waals surface area contributed by atoms with Gasteiger partial charge >= 0.3 is 0 Å². The van der Waals surface area contributed by atoms with Gasteiger partial charge in [-0.2, -0.15) is 0 Å². The van der Waals surface area contributed by atoms with E-state index < -0.39 is 0 Å². The second-order valence-corrected chi connectivity index (χ2v) is 11.6. The van der Waals surface area contributed by atoms with Crippen LogP contribution in [0.15, 0.2) is 120 Å². The molecule has 3 aromatic heterocycles. The first-order chi connectivity index (χ1) is 20.6. The quantitative estimate of drug-likeness (QED) is 0.172. The number of nitrogens with zero attached hydrogens (tertiary/aromatic N) is 5. The van der Waals surface area contributed by atoms with E-state index in [1.807, 2.05) is 70.6 Å². The summed E-state index contributed by atoms with van der Waals surface area (Å²) in [6, 6.07) is 32.2. The van der Waals surface area contributed by atoms with Gasteiger partial charge in [0.15, 0.2) is 11.0 Å². The fraction of sp³-hybridized carbons (Fsp3) is 0.121. The van der Waals surface area contributed by atoms with Crippen molar-refractivity contribution in [3.63, 3.8) is 0 Å². The number of carbonyl (C=O) groups excluding carboxylic acids is 1. The average molecular weight is 589 g/mol. The van der Waals surface area contributed by atoms with Crippen molar-refractivity contribution in [2.75, 3.05) is 0 Å². The molecule has 0 saturated heterocycles. The number of rotatable bonds is 10. The van der Waals surface area contributed by atoms with Gasteiger partial charge in [-0.25, -0.2) is 4.98 Å². The Morgan fingerprint density at radius 2 is 1.69 bits per heavy atom. The Morgan fingerprint density at radius 1 is 0.929 bits per heavy atom. The average Bonchev–Trinajstić information content (AvgIpc) is 3.69. The minimum absolute atomic E-state index is 0.167. The van der Waals surface area contributed by atoms with Crippen LogP contribution in [0.5, 0.6) is 0 Å². The predicted octanol–water partition coefficient (Wildman–Crippen LogP) is 7.10. The highest BCUT2D eigenvalue weighted by Crippen LogP contribution is 2.30.